The molecule has 0 amide bonds. The molecule has 1 saturated heterocycles. The summed E-state index contributed by atoms with van der Waals surface area (Å²) in [5.74, 6) is 0.248. The molecule has 0 atom stereocenters. The fourth-order valence-electron chi connectivity index (χ4n) is 2.94. The maximum Gasteiger partial charge on any atom is 0.321 e. The van der Waals surface area contributed by atoms with Crippen LogP contribution in [-0.2, 0) is 9.63 Å². The lowest BCUT2D eigenvalue weighted by atomic mass is 9.76. The topological polar surface area (TPSA) is 50.4 Å². The van der Waals surface area contributed by atoms with E-state index in [-0.39, 0.29) is 17.0 Å². The van der Waals surface area contributed by atoms with Crippen molar-refractivity contribution in [1.29, 1.82) is 0 Å². The van der Waals surface area contributed by atoms with Crippen molar-refractivity contribution in [3.8, 4) is 0 Å². The summed E-state index contributed by atoms with van der Waals surface area (Å²) < 4.78 is 0. The molecule has 1 rings (SSSR count). The van der Waals surface area contributed by atoms with Crippen molar-refractivity contribution in [3.05, 3.63) is 0 Å². The number of hydroxylamine groups is 1. The molecule has 94 valence electrons. The third-order valence-corrected chi connectivity index (χ3v) is 2.86. The zero-order chi connectivity index (χ0) is 12.4. The van der Waals surface area contributed by atoms with Crippen LogP contribution in [0.2, 0.25) is 0 Å². The van der Waals surface area contributed by atoms with E-state index in [1.165, 1.54) is 6.92 Å². The predicted octanol–water partition coefficient (Wildman–Crippen LogP) is 1.61. The van der Waals surface area contributed by atoms with Crippen LogP contribution in [0.25, 0.3) is 0 Å². The van der Waals surface area contributed by atoms with Gasteiger partial charge in [0.25, 0.3) is 0 Å². The maximum absolute atomic E-state index is 10.6. The van der Waals surface area contributed by atoms with Crippen LogP contribution < -0.4 is 10.8 Å². The van der Waals surface area contributed by atoms with Crippen LogP contribution in [-0.4, -0.2) is 23.6 Å². The van der Waals surface area contributed by atoms with E-state index < -0.39 is 0 Å². The van der Waals surface area contributed by atoms with Gasteiger partial charge < -0.3 is 10.2 Å². The zero-order valence-electron chi connectivity index (χ0n) is 11.0. The van der Waals surface area contributed by atoms with Gasteiger partial charge in [-0.05, 0) is 46.5 Å². The Kier molecular flexibility index (Phi) is 3.97. The van der Waals surface area contributed by atoms with Crippen molar-refractivity contribution in [2.24, 2.45) is 5.92 Å². The van der Waals surface area contributed by atoms with Gasteiger partial charge >= 0.3 is 5.97 Å². The first kappa shape index (κ1) is 13.5. The van der Waals surface area contributed by atoms with Crippen molar-refractivity contribution < 1.29 is 9.63 Å². The van der Waals surface area contributed by atoms with Crippen LogP contribution in [0.4, 0.5) is 0 Å². The monoisotopic (exact) mass is 228 g/mol. The number of nitrogens with one attached hydrogen (secondary N) is 2. The normalized spacial score (nSPS) is 24.1. The van der Waals surface area contributed by atoms with Crippen LogP contribution in [0.15, 0.2) is 0 Å². The van der Waals surface area contributed by atoms with Crippen LogP contribution in [0.3, 0.4) is 0 Å². The van der Waals surface area contributed by atoms with Crippen molar-refractivity contribution in [2.75, 3.05) is 6.54 Å². The standard InChI is InChI=1S/C12H24N2O2/c1-9(15)16-13-8-10-6-11(2,3)14-12(4,5)7-10/h10,13-14H,6-8H2,1-5H3. The summed E-state index contributed by atoms with van der Waals surface area (Å²) in [4.78, 5) is 15.4. The number of carbonyl (C=O) groups excluding carboxylic acids is 1. The van der Waals surface area contributed by atoms with Gasteiger partial charge in [0.15, 0.2) is 0 Å². The van der Waals surface area contributed by atoms with Gasteiger partial charge in [-0.2, -0.15) is 5.48 Å². The van der Waals surface area contributed by atoms with Gasteiger partial charge in [-0.15, -0.1) is 0 Å². The molecule has 1 aliphatic rings. The molecule has 0 aromatic carbocycles. The highest BCUT2D eigenvalue weighted by molar-refractivity contribution is 5.65. The molecule has 1 heterocycles. The fraction of sp³-hybridized carbons (Fsp3) is 0.917. The highest BCUT2D eigenvalue weighted by atomic mass is 16.7. The lowest BCUT2D eigenvalue weighted by molar-refractivity contribution is -0.149. The highest BCUT2D eigenvalue weighted by Gasteiger charge is 2.37. The lowest BCUT2D eigenvalue weighted by Crippen LogP contribution is -2.58. The van der Waals surface area contributed by atoms with E-state index in [0.717, 1.165) is 19.4 Å². The number of carbonyl (C=O) groups is 1. The summed E-state index contributed by atoms with van der Waals surface area (Å²) in [6, 6.07) is 0. The van der Waals surface area contributed by atoms with E-state index in [1.807, 2.05) is 0 Å². The second-order valence-corrected chi connectivity index (χ2v) is 6.11. The molecular weight excluding hydrogens is 204 g/mol. The Morgan fingerprint density at radius 2 is 1.81 bits per heavy atom. The molecule has 1 aliphatic heterocycles. The summed E-state index contributed by atoms with van der Waals surface area (Å²) >= 11 is 0. The quantitative estimate of drug-likeness (QED) is 0.721. The first-order valence-electron chi connectivity index (χ1n) is 5.90. The fourth-order valence-corrected chi connectivity index (χ4v) is 2.94. The van der Waals surface area contributed by atoms with Crippen molar-refractivity contribution in [3.63, 3.8) is 0 Å². The van der Waals surface area contributed by atoms with E-state index in [0.29, 0.717) is 5.92 Å². The zero-order valence-corrected chi connectivity index (χ0v) is 11.0. The molecule has 0 spiro atoms. The smallest absolute Gasteiger partial charge is 0.321 e. The van der Waals surface area contributed by atoms with Crippen LogP contribution >= 0.6 is 0 Å². The molecule has 16 heavy (non-hydrogen) atoms. The second kappa shape index (κ2) is 4.72. The van der Waals surface area contributed by atoms with E-state index >= 15 is 0 Å². The van der Waals surface area contributed by atoms with Gasteiger partial charge in [-0.1, -0.05) is 0 Å². The number of hydrogen-bond acceptors (Lipinski definition) is 4. The first-order chi connectivity index (χ1) is 7.20. The Morgan fingerprint density at radius 3 is 2.25 bits per heavy atom. The lowest BCUT2D eigenvalue weighted by Gasteiger charge is -2.46. The third kappa shape index (κ3) is 4.49. The molecule has 4 heteroatoms. The average Bonchev–Trinajstić information content (AvgIpc) is 1.96. The van der Waals surface area contributed by atoms with Crippen LogP contribution in [0, 0.1) is 5.92 Å². The Hall–Kier alpha value is -0.610. The summed E-state index contributed by atoms with van der Waals surface area (Å²) in [7, 11) is 0. The Balaban J connectivity index is 2.45. The Labute approximate surface area is 98.1 Å². The van der Waals surface area contributed by atoms with Gasteiger partial charge in [-0.25, -0.2) is 0 Å². The van der Waals surface area contributed by atoms with Crippen molar-refractivity contribution >= 4 is 5.97 Å². The Morgan fingerprint density at radius 1 is 1.31 bits per heavy atom. The average molecular weight is 228 g/mol. The molecule has 0 unspecified atom stereocenters. The van der Waals surface area contributed by atoms with Crippen LogP contribution in [0.1, 0.15) is 47.5 Å². The van der Waals surface area contributed by atoms with Gasteiger partial charge in [0.1, 0.15) is 0 Å². The first-order valence-corrected chi connectivity index (χ1v) is 5.90. The molecule has 4 nitrogen and oxygen atoms in total. The largest absolute Gasteiger partial charge is 0.371 e. The number of piperidine rings is 1. The molecule has 0 bridgehead atoms. The Bertz CT molecular complexity index is 246. The van der Waals surface area contributed by atoms with Gasteiger partial charge in [0, 0.05) is 24.5 Å². The van der Waals surface area contributed by atoms with Gasteiger partial charge in [0.05, 0.1) is 0 Å². The summed E-state index contributed by atoms with van der Waals surface area (Å²) in [5, 5.41) is 3.63. The molecule has 0 aromatic heterocycles. The van der Waals surface area contributed by atoms with Crippen LogP contribution in [0.5, 0.6) is 0 Å². The number of rotatable bonds is 3. The minimum Gasteiger partial charge on any atom is -0.371 e. The molecule has 0 aromatic rings. The molecule has 1 fully saturated rings. The van der Waals surface area contributed by atoms with E-state index in [9.17, 15) is 4.79 Å². The van der Waals surface area contributed by atoms with E-state index in [4.69, 9.17) is 4.84 Å². The van der Waals surface area contributed by atoms with Gasteiger partial charge in [0.2, 0.25) is 0 Å². The molecular formula is C12H24N2O2. The molecule has 0 saturated carbocycles. The van der Waals surface area contributed by atoms with E-state index in [2.05, 4.69) is 38.5 Å². The summed E-state index contributed by atoms with van der Waals surface area (Å²) in [6.07, 6.45) is 2.18. The molecule has 0 aliphatic carbocycles. The SMILES string of the molecule is CC(=O)ONCC1CC(C)(C)NC(C)(C)C1. The highest BCUT2D eigenvalue weighted by Crippen LogP contribution is 2.32. The predicted molar refractivity (Wildman–Crippen MR) is 63.8 cm³/mol. The summed E-state index contributed by atoms with van der Waals surface area (Å²) in [6.45, 7) is 11.0. The summed E-state index contributed by atoms with van der Waals surface area (Å²) in [5.41, 5.74) is 3.04. The second-order valence-electron chi connectivity index (χ2n) is 6.11. The molecule has 2 N–H and O–H groups in total. The third-order valence-electron chi connectivity index (χ3n) is 2.86. The number of hydrogen-bond donors (Lipinski definition) is 2. The molecule has 0 radical (unpaired) electrons. The minimum absolute atomic E-state index is 0.143. The van der Waals surface area contributed by atoms with Crippen molar-refractivity contribution in [2.45, 2.75) is 58.5 Å². The minimum atomic E-state index is -0.285. The van der Waals surface area contributed by atoms with Gasteiger partial charge in [-0.3, -0.25) is 4.79 Å². The van der Waals surface area contributed by atoms with Crippen molar-refractivity contribution in [1.82, 2.24) is 10.8 Å². The van der Waals surface area contributed by atoms with E-state index in [1.54, 1.807) is 0 Å². The maximum atomic E-state index is 10.6.